The molecule has 30 heavy (non-hydrogen) atoms. The second kappa shape index (κ2) is 9.17. The van der Waals surface area contributed by atoms with E-state index in [1.807, 2.05) is 18.2 Å². The van der Waals surface area contributed by atoms with Crippen molar-refractivity contribution in [3.05, 3.63) is 88.0 Å². The maximum absolute atomic E-state index is 10.6. The second-order valence-corrected chi connectivity index (χ2v) is 7.25. The van der Waals surface area contributed by atoms with Crippen molar-refractivity contribution >= 4 is 0 Å². The molecule has 3 N–H and O–H groups in total. The fourth-order valence-electron chi connectivity index (χ4n) is 3.45. The first kappa shape index (κ1) is 20.2. The van der Waals surface area contributed by atoms with Gasteiger partial charge in [0.15, 0.2) is 0 Å². The smallest absolute Gasteiger partial charge is 0.126 e. The van der Waals surface area contributed by atoms with E-state index < -0.39 is 0 Å². The van der Waals surface area contributed by atoms with Crippen molar-refractivity contribution < 1.29 is 29.5 Å². The Bertz CT molecular complexity index is 832. The van der Waals surface area contributed by atoms with Crippen molar-refractivity contribution in [2.75, 3.05) is 0 Å². The summed E-state index contributed by atoms with van der Waals surface area (Å²) in [5.41, 5.74) is 3.84. The quantitative estimate of drug-likeness (QED) is 0.515. The fraction of sp³-hybridized carbons (Fsp3) is 0.250. The van der Waals surface area contributed by atoms with Crippen LogP contribution in [0.2, 0.25) is 0 Å². The van der Waals surface area contributed by atoms with Crippen LogP contribution in [-0.2, 0) is 53.9 Å². The van der Waals surface area contributed by atoms with Gasteiger partial charge in [-0.2, -0.15) is 0 Å². The number of ether oxygens (including phenoxy) is 3. The molecule has 1 heterocycles. The maximum atomic E-state index is 10.6. The molecule has 0 atom stereocenters. The first-order valence-electron chi connectivity index (χ1n) is 9.76. The van der Waals surface area contributed by atoms with Crippen molar-refractivity contribution in [1.82, 2.24) is 0 Å². The zero-order valence-electron chi connectivity index (χ0n) is 16.5. The third-order valence-electron chi connectivity index (χ3n) is 5.15. The van der Waals surface area contributed by atoms with Gasteiger partial charge in [0, 0.05) is 33.4 Å². The molecule has 0 fully saturated rings. The van der Waals surface area contributed by atoms with Crippen LogP contribution in [0, 0.1) is 0 Å². The van der Waals surface area contributed by atoms with Gasteiger partial charge in [-0.3, -0.25) is 0 Å². The van der Waals surface area contributed by atoms with Gasteiger partial charge in [0.2, 0.25) is 0 Å². The highest BCUT2D eigenvalue weighted by Crippen LogP contribution is 2.29. The molecule has 0 amide bonds. The molecule has 0 radical (unpaired) electrons. The molecule has 0 unspecified atom stereocenters. The van der Waals surface area contributed by atoms with Gasteiger partial charge in [0.05, 0.1) is 39.6 Å². The minimum Gasteiger partial charge on any atom is -0.507 e. The maximum Gasteiger partial charge on any atom is 0.126 e. The Kier molecular flexibility index (Phi) is 6.18. The van der Waals surface area contributed by atoms with Crippen molar-refractivity contribution in [3.8, 4) is 17.2 Å². The standard InChI is InChI=1S/C24H24O6/c25-22-16-4-1-5-17(22)11-29-13-19-7-3-9-21(24(19)27)15-30-14-20-8-2-6-18(23(20)26)12-28-10-16/h1-9,25-27H,10-15H2. The molecule has 3 aromatic rings. The van der Waals surface area contributed by atoms with E-state index in [9.17, 15) is 15.3 Å². The lowest BCUT2D eigenvalue weighted by molar-refractivity contribution is 0.0931. The van der Waals surface area contributed by atoms with E-state index in [0.29, 0.717) is 33.4 Å². The molecule has 0 saturated carbocycles. The number of aromatic hydroxyl groups is 3. The van der Waals surface area contributed by atoms with Crippen LogP contribution in [0.25, 0.3) is 0 Å². The predicted molar refractivity (Wildman–Crippen MR) is 110 cm³/mol. The molecule has 6 bridgehead atoms. The van der Waals surface area contributed by atoms with Crippen molar-refractivity contribution in [2.45, 2.75) is 39.6 Å². The molecule has 4 rings (SSSR count). The molecule has 6 nitrogen and oxygen atoms in total. The van der Waals surface area contributed by atoms with E-state index in [0.717, 1.165) is 0 Å². The minimum atomic E-state index is 0.128. The third-order valence-corrected chi connectivity index (χ3v) is 5.15. The van der Waals surface area contributed by atoms with Crippen LogP contribution in [-0.4, -0.2) is 15.3 Å². The summed E-state index contributed by atoms with van der Waals surface area (Å²) in [5, 5.41) is 31.7. The van der Waals surface area contributed by atoms with Gasteiger partial charge in [-0.1, -0.05) is 54.6 Å². The van der Waals surface area contributed by atoms with Gasteiger partial charge in [0.1, 0.15) is 17.2 Å². The van der Waals surface area contributed by atoms with Crippen LogP contribution >= 0.6 is 0 Å². The van der Waals surface area contributed by atoms with Crippen LogP contribution in [0.5, 0.6) is 17.2 Å². The van der Waals surface area contributed by atoms with E-state index in [1.165, 1.54) is 0 Å². The largest absolute Gasteiger partial charge is 0.507 e. The summed E-state index contributed by atoms with van der Waals surface area (Å²) in [6.07, 6.45) is 0. The number of phenols is 3. The van der Waals surface area contributed by atoms with E-state index in [2.05, 4.69) is 0 Å². The number of para-hydroxylation sites is 3. The van der Waals surface area contributed by atoms with Gasteiger partial charge < -0.3 is 29.5 Å². The number of fused-ring (bicyclic) bond motifs is 6. The molecule has 6 heteroatoms. The van der Waals surface area contributed by atoms with Crippen LogP contribution < -0.4 is 0 Å². The zero-order chi connectivity index (χ0) is 20.9. The molecule has 0 aromatic heterocycles. The molecule has 0 aliphatic carbocycles. The molecule has 0 saturated heterocycles. The number of benzene rings is 3. The summed E-state index contributed by atoms with van der Waals surface area (Å²) < 4.78 is 17.2. The number of hydrogen-bond donors (Lipinski definition) is 3. The zero-order valence-corrected chi connectivity index (χ0v) is 16.5. The Balaban J connectivity index is 1.64. The van der Waals surface area contributed by atoms with Gasteiger partial charge in [-0.15, -0.1) is 0 Å². The number of hydrogen-bond acceptors (Lipinski definition) is 6. The third kappa shape index (κ3) is 4.41. The van der Waals surface area contributed by atoms with Crippen LogP contribution in [0.15, 0.2) is 54.6 Å². The van der Waals surface area contributed by atoms with Gasteiger partial charge in [0.25, 0.3) is 0 Å². The Morgan fingerprint density at radius 1 is 0.400 bits per heavy atom. The molecule has 3 aromatic carbocycles. The van der Waals surface area contributed by atoms with Crippen LogP contribution in [0.3, 0.4) is 0 Å². The van der Waals surface area contributed by atoms with Gasteiger partial charge in [-0.25, -0.2) is 0 Å². The lowest BCUT2D eigenvalue weighted by Crippen LogP contribution is -2.02. The summed E-state index contributed by atoms with van der Waals surface area (Å²) >= 11 is 0. The van der Waals surface area contributed by atoms with Crippen molar-refractivity contribution in [1.29, 1.82) is 0 Å². The molecule has 1 aliphatic heterocycles. The lowest BCUT2D eigenvalue weighted by Gasteiger charge is -2.15. The van der Waals surface area contributed by atoms with E-state index in [4.69, 9.17) is 14.2 Å². The highest BCUT2D eigenvalue weighted by molar-refractivity contribution is 5.42. The predicted octanol–water partition coefficient (Wildman–Crippen LogP) is 4.27. The van der Waals surface area contributed by atoms with Crippen molar-refractivity contribution in [2.24, 2.45) is 0 Å². The normalized spacial score (nSPS) is 15.2. The van der Waals surface area contributed by atoms with E-state index in [-0.39, 0.29) is 56.9 Å². The fourth-order valence-corrected chi connectivity index (χ4v) is 3.45. The Morgan fingerprint density at radius 2 is 0.600 bits per heavy atom. The van der Waals surface area contributed by atoms with Crippen LogP contribution in [0.4, 0.5) is 0 Å². The lowest BCUT2D eigenvalue weighted by atomic mass is 10.1. The van der Waals surface area contributed by atoms with E-state index >= 15 is 0 Å². The molecular weight excluding hydrogens is 384 g/mol. The Labute approximate surface area is 174 Å². The highest BCUT2D eigenvalue weighted by atomic mass is 16.5. The minimum absolute atomic E-state index is 0.128. The molecule has 156 valence electrons. The van der Waals surface area contributed by atoms with E-state index in [1.54, 1.807) is 36.4 Å². The summed E-state index contributed by atoms with van der Waals surface area (Å²) in [4.78, 5) is 0. The second-order valence-electron chi connectivity index (χ2n) is 7.25. The first-order valence-corrected chi connectivity index (χ1v) is 9.76. The summed E-state index contributed by atoms with van der Waals surface area (Å²) in [6.45, 7) is 1.18. The summed E-state index contributed by atoms with van der Waals surface area (Å²) in [6, 6.07) is 16.2. The molecule has 1 aliphatic rings. The first-order chi connectivity index (χ1) is 14.6. The number of phenolic OH excluding ortho intramolecular Hbond substituents is 3. The molecular formula is C24H24O6. The monoisotopic (exact) mass is 408 g/mol. The SMILES string of the molecule is Oc1c2cccc1COCc1cccc(c1O)COCc1cccc(c1O)COC2. The van der Waals surface area contributed by atoms with Crippen LogP contribution in [0.1, 0.15) is 33.4 Å². The van der Waals surface area contributed by atoms with Crippen molar-refractivity contribution in [3.63, 3.8) is 0 Å². The summed E-state index contributed by atoms with van der Waals surface area (Å²) in [7, 11) is 0. The van der Waals surface area contributed by atoms with Gasteiger partial charge >= 0.3 is 0 Å². The highest BCUT2D eigenvalue weighted by Gasteiger charge is 2.13. The Hall–Kier alpha value is -3.06. The Morgan fingerprint density at radius 3 is 0.800 bits per heavy atom. The topological polar surface area (TPSA) is 88.4 Å². The average Bonchev–Trinajstić information content (AvgIpc) is 2.74. The molecule has 0 spiro atoms. The van der Waals surface area contributed by atoms with Gasteiger partial charge in [-0.05, 0) is 0 Å². The number of rotatable bonds is 0. The summed E-state index contributed by atoms with van der Waals surface area (Å²) in [5.74, 6) is 0.383. The average molecular weight is 408 g/mol.